The Morgan fingerprint density at radius 2 is 2.00 bits per heavy atom. The van der Waals surface area contributed by atoms with Gasteiger partial charge >= 0.3 is 0 Å². The van der Waals surface area contributed by atoms with E-state index in [-0.39, 0.29) is 0 Å². The molecule has 0 saturated carbocycles. The van der Waals surface area contributed by atoms with Gasteiger partial charge in [-0.2, -0.15) is 0 Å². The second-order valence-corrected chi connectivity index (χ2v) is 4.47. The summed E-state index contributed by atoms with van der Waals surface area (Å²) >= 11 is 0. The number of nitrogen functional groups attached to an aromatic ring is 1. The Kier molecular flexibility index (Phi) is 4.18. The molecule has 15 heavy (non-hydrogen) atoms. The molecule has 1 aromatic rings. The van der Waals surface area contributed by atoms with Gasteiger partial charge in [0.25, 0.3) is 0 Å². The highest BCUT2D eigenvalue weighted by atomic mass is 15.1. The van der Waals surface area contributed by atoms with Crippen molar-refractivity contribution in [1.82, 2.24) is 9.55 Å². The molecule has 0 bridgehead atoms. The van der Waals surface area contributed by atoms with Crippen LogP contribution >= 0.6 is 0 Å². The van der Waals surface area contributed by atoms with Gasteiger partial charge in [-0.3, -0.25) is 0 Å². The Hall–Kier alpha value is -0.990. The fraction of sp³-hybridized carbons (Fsp3) is 0.750. The van der Waals surface area contributed by atoms with Crippen LogP contribution < -0.4 is 5.73 Å². The van der Waals surface area contributed by atoms with Gasteiger partial charge in [-0.05, 0) is 18.8 Å². The molecule has 0 fully saturated rings. The molecular weight excluding hydrogens is 186 g/mol. The van der Waals surface area contributed by atoms with Crippen molar-refractivity contribution in [2.24, 2.45) is 5.92 Å². The van der Waals surface area contributed by atoms with E-state index in [2.05, 4.69) is 37.2 Å². The molecule has 2 N–H and O–H groups in total. The number of aromatic nitrogens is 2. The Labute approximate surface area is 92.7 Å². The van der Waals surface area contributed by atoms with Crippen LogP contribution in [0.3, 0.4) is 0 Å². The van der Waals surface area contributed by atoms with Gasteiger partial charge in [-0.1, -0.05) is 27.7 Å². The molecule has 3 heteroatoms. The maximum Gasteiger partial charge on any atom is 0.126 e. The van der Waals surface area contributed by atoms with Crippen molar-refractivity contribution in [2.75, 3.05) is 5.73 Å². The van der Waals surface area contributed by atoms with Crippen molar-refractivity contribution < 1.29 is 0 Å². The molecule has 0 amide bonds. The molecule has 0 aliphatic rings. The molecule has 1 aromatic heterocycles. The minimum Gasteiger partial charge on any atom is -0.384 e. The summed E-state index contributed by atoms with van der Waals surface area (Å²) in [5.41, 5.74) is 7.15. The number of hydrogen-bond donors (Lipinski definition) is 1. The van der Waals surface area contributed by atoms with Crippen LogP contribution in [0.5, 0.6) is 0 Å². The molecule has 0 aromatic carbocycles. The second kappa shape index (κ2) is 5.19. The number of rotatable bonds is 5. The van der Waals surface area contributed by atoms with Crippen molar-refractivity contribution in [2.45, 2.75) is 53.5 Å². The average molecular weight is 209 g/mol. The predicted octanol–water partition coefficient (Wildman–Crippen LogP) is 2.64. The lowest BCUT2D eigenvalue weighted by Crippen LogP contribution is -2.11. The summed E-state index contributed by atoms with van der Waals surface area (Å²) in [6.07, 6.45) is 3.07. The van der Waals surface area contributed by atoms with Crippen LogP contribution in [-0.4, -0.2) is 9.55 Å². The highest BCUT2D eigenvalue weighted by Crippen LogP contribution is 2.18. The maximum atomic E-state index is 6.09. The summed E-state index contributed by atoms with van der Waals surface area (Å²) in [5, 5.41) is 0. The van der Waals surface area contributed by atoms with Crippen molar-refractivity contribution in [1.29, 1.82) is 0 Å². The molecule has 1 heterocycles. The molecule has 86 valence electrons. The molecule has 0 spiro atoms. The summed E-state index contributed by atoms with van der Waals surface area (Å²) in [5.74, 6) is 2.64. The summed E-state index contributed by atoms with van der Waals surface area (Å²) < 4.78 is 2.19. The van der Waals surface area contributed by atoms with E-state index in [1.54, 1.807) is 0 Å². The van der Waals surface area contributed by atoms with Crippen molar-refractivity contribution >= 4 is 5.82 Å². The average Bonchev–Trinajstić information content (AvgIpc) is 2.46. The third-order valence-corrected chi connectivity index (χ3v) is 2.52. The van der Waals surface area contributed by atoms with Gasteiger partial charge in [0.05, 0.1) is 5.69 Å². The summed E-state index contributed by atoms with van der Waals surface area (Å²) in [7, 11) is 0. The molecular formula is C12H23N3. The van der Waals surface area contributed by atoms with Crippen LogP contribution in [0.25, 0.3) is 0 Å². The number of nitrogens with zero attached hydrogens (tertiary/aromatic N) is 2. The standard InChI is InChI=1S/C12H23N3/c1-5-7-11-14-10(6-2)12(13)15(11)8-9(3)4/h9H,5-8,13H2,1-4H3. The lowest BCUT2D eigenvalue weighted by atomic mass is 10.2. The van der Waals surface area contributed by atoms with Gasteiger partial charge in [0.15, 0.2) is 0 Å². The second-order valence-electron chi connectivity index (χ2n) is 4.47. The molecule has 0 aliphatic carbocycles. The van der Waals surface area contributed by atoms with Crippen LogP contribution in [0, 0.1) is 5.92 Å². The largest absolute Gasteiger partial charge is 0.384 e. The number of hydrogen-bond acceptors (Lipinski definition) is 2. The minimum atomic E-state index is 0.613. The van der Waals surface area contributed by atoms with Crippen LogP contribution in [0.1, 0.15) is 45.6 Å². The molecule has 1 rings (SSSR count). The van der Waals surface area contributed by atoms with Gasteiger partial charge in [0, 0.05) is 13.0 Å². The molecule has 0 unspecified atom stereocenters. The minimum absolute atomic E-state index is 0.613. The van der Waals surface area contributed by atoms with Crippen LogP contribution in [0.15, 0.2) is 0 Å². The smallest absolute Gasteiger partial charge is 0.126 e. The zero-order valence-corrected chi connectivity index (χ0v) is 10.4. The van der Waals surface area contributed by atoms with E-state index in [9.17, 15) is 0 Å². The van der Waals surface area contributed by atoms with Crippen LogP contribution in [0.2, 0.25) is 0 Å². The normalized spacial score (nSPS) is 11.3. The summed E-state index contributed by atoms with van der Waals surface area (Å²) in [6.45, 7) is 9.68. The number of anilines is 1. The Bertz CT molecular complexity index is 313. The van der Waals surface area contributed by atoms with Gasteiger partial charge in [0.2, 0.25) is 0 Å². The SMILES string of the molecule is CCCc1nc(CC)c(N)n1CC(C)C. The van der Waals surface area contributed by atoms with Crippen LogP contribution in [-0.2, 0) is 19.4 Å². The lowest BCUT2D eigenvalue weighted by Gasteiger charge is -2.11. The first-order valence-electron chi connectivity index (χ1n) is 5.93. The van der Waals surface area contributed by atoms with E-state index in [4.69, 9.17) is 5.73 Å². The third-order valence-electron chi connectivity index (χ3n) is 2.52. The topological polar surface area (TPSA) is 43.8 Å². The summed E-state index contributed by atoms with van der Waals surface area (Å²) in [4.78, 5) is 4.61. The first-order chi connectivity index (χ1) is 7.10. The lowest BCUT2D eigenvalue weighted by molar-refractivity contribution is 0.510. The van der Waals surface area contributed by atoms with Gasteiger partial charge in [-0.15, -0.1) is 0 Å². The van der Waals surface area contributed by atoms with E-state index in [1.807, 2.05) is 0 Å². The first-order valence-corrected chi connectivity index (χ1v) is 5.93. The van der Waals surface area contributed by atoms with E-state index in [0.717, 1.165) is 43.1 Å². The van der Waals surface area contributed by atoms with Crippen molar-refractivity contribution in [3.63, 3.8) is 0 Å². The Morgan fingerprint density at radius 3 is 2.47 bits per heavy atom. The van der Waals surface area contributed by atoms with E-state index >= 15 is 0 Å². The Morgan fingerprint density at radius 1 is 1.33 bits per heavy atom. The number of nitrogens with two attached hydrogens (primary N) is 1. The quantitative estimate of drug-likeness (QED) is 0.810. The van der Waals surface area contributed by atoms with E-state index in [0.29, 0.717) is 5.92 Å². The molecule has 0 saturated heterocycles. The zero-order chi connectivity index (χ0) is 11.4. The summed E-state index contributed by atoms with van der Waals surface area (Å²) in [6, 6.07) is 0. The fourth-order valence-electron chi connectivity index (χ4n) is 1.81. The molecule has 0 aliphatic heterocycles. The molecule has 0 radical (unpaired) electrons. The van der Waals surface area contributed by atoms with Gasteiger partial charge in [-0.25, -0.2) is 4.98 Å². The number of aryl methyl sites for hydroxylation is 2. The molecule has 3 nitrogen and oxygen atoms in total. The van der Waals surface area contributed by atoms with Crippen molar-refractivity contribution in [3.05, 3.63) is 11.5 Å². The van der Waals surface area contributed by atoms with Gasteiger partial charge in [0.1, 0.15) is 11.6 Å². The zero-order valence-electron chi connectivity index (χ0n) is 10.4. The first kappa shape index (κ1) is 12.1. The van der Waals surface area contributed by atoms with E-state index < -0.39 is 0 Å². The Balaban J connectivity index is 3.01. The third kappa shape index (κ3) is 2.74. The highest BCUT2D eigenvalue weighted by molar-refractivity contribution is 5.38. The predicted molar refractivity (Wildman–Crippen MR) is 64.9 cm³/mol. The monoisotopic (exact) mass is 209 g/mol. The van der Waals surface area contributed by atoms with E-state index in [1.165, 1.54) is 0 Å². The van der Waals surface area contributed by atoms with Gasteiger partial charge < -0.3 is 10.3 Å². The number of imidazole rings is 1. The van der Waals surface area contributed by atoms with Crippen molar-refractivity contribution in [3.8, 4) is 0 Å². The fourth-order valence-corrected chi connectivity index (χ4v) is 1.81. The maximum absolute atomic E-state index is 6.09. The molecule has 0 atom stereocenters. The van der Waals surface area contributed by atoms with Crippen LogP contribution in [0.4, 0.5) is 5.82 Å². The highest BCUT2D eigenvalue weighted by Gasteiger charge is 2.13.